The molecule has 1 heteroatoms. The Hall–Kier alpha value is -2.02. The zero-order valence-electron chi connectivity index (χ0n) is 9.61. The van der Waals surface area contributed by atoms with Crippen LogP contribution in [0.1, 0.15) is 18.1 Å². The van der Waals surface area contributed by atoms with Crippen LogP contribution >= 0.6 is 0 Å². The summed E-state index contributed by atoms with van der Waals surface area (Å²) in [4.78, 5) is 0. The normalized spacial score (nSPS) is 11.7. The van der Waals surface area contributed by atoms with E-state index in [1.54, 1.807) is 6.08 Å². The van der Waals surface area contributed by atoms with Crippen molar-refractivity contribution in [2.75, 3.05) is 5.73 Å². The van der Waals surface area contributed by atoms with Crippen LogP contribution in [0.5, 0.6) is 0 Å². The smallest absolute Gasteiger partial charge is 0.0393 e. The van der Waals surface area contributed by atoms with Crippen molar-refractivity contribution in [3.63, 3.8) is 0 Å². The highest BCUT2D eigenvalue weighted by Crippen LogP contribution is 2.26. The molecule has 0 spiro atoms. The highest BCUT2D eigenvalue weighted by atomic mass is 14.6. The maximum absolute atomic E-state index is 5.96. The van der Waals surface area contributed by atoms with Crippen LogP contribution < -0.4 is 5.73 Å². The maximum atomic E-state index is 5.96. The molecule has 1 aromatic carbocycles. The quantitative estimate of drug-likeness (QED) is 0.590. The molecule has 0 aliphatic rings. The molecule has 16 heavy (non-hydrogen) atoms. The van der Waals surface area contributed by atoms with E-state index in [1.807, 2.05) is 49.4 Å². The fourth-order valence-corrected chi connectivity index (χ4v) is 1.58. The summed E-state index contributed by atoms with van der Waals surface area (Å²) >= 11 is 0. The van der Waals surface area contributed by atoms with E-state index in [1.165, 1.54) is 0 Å². The second-order valence-electron chi connectivity index (χ2n) is 3.37. The molecule has 1 rings (SSSR count). The Morgan fingerprint density at radius 3 is 2.62 bits per heavy atom. The van der Waals surface area contributed by atoms with Crippen LogP contribution in [-0.4, -0.2) is 0 Å². The van der Waals surface area contributed by atoms with E-state index in [-0.39, 0.29) is 0 Å². The summed E-state index contributed by atoms with van der Waals surface area (Å²) in [7, 11) is 0. The Labute approximate surface area is 97.3 Å². The van der Waals surface area contributed by atoms with Gasteiger partial charge in [-0.3, -0.25) is 0 Å². The van der Waals surface area contributed by atoms with E-state index < -0.39 is 0 Å². The van der Waals surface area contributed by atoms with Crippen LogP contribution in [0.3, 0.4) is 0 Å². The Morgan fingerprint density at radius 2 is 2.06 bits per heavy atom. The van der Waals surface area contributed by atoms with Gasteiger partial charge in [0.2, 0.25) is 0 Å². The highest BCUT2D eigenvalue weighted by molar-refractivity contribution is 5.84. The summed E-state index contributed by atoms with van der Waals surface area (Å²) in [6.45, 7) is 9.48. The highest BCUT2D eigenvalue weighted by Gasteiger charge is 2.04. The first-order chi connectivity index (χ1) is 7.74. The van der Waals surface area contributed by atoms with Gasteiger partial charge in [0.1, 0.15) is 0 Å². The summed E-state index contributed by atoms with van der Waals surface area (Å²) in [6.07, 6.45) is 9.47. The third-order valence-electron chi connectivity index (χ3n) is 2.30. The van der Waals surface area contributed by atoms with Gasteiger partial charge in [-0.2, -0.15) is 0 Å². The second-order valence-corrected chi connectivity index (χ2v) is 3.37. The summed E-state index contributed by atoms with van der Waals surface area (Å²) in [5, 5.41) is 0. The average molecular weight is 211 g/mol. The number of hydrogen-bond acceptors (Lipinski definition) is 1. The molecule has 0 amide bonds. The molecule has 0 atom stereocenters. The molecule has 0 unspecified atom stereocenters. The van der Waals surface area contributed by atoms with E-state index in [2.05, 4.69) is 13.2 Å². The van der Waals surface area contributed by atoms with Gasteiger partial charge in [-0.25, -0.2) is 0 Å². The minimum Gasteiger partial charge on any atom is -0.398 e. The summed E-state index contributed by atoms with van der Waals surface area (Å²) in [5.74, 6) is 0. The number of nitrogens with two attached hydrogens (primary N) is 1. The first-order valence-electron chi connectivity index (χ1n) is 5.21. The number of allylic oxidation sites excluding steroid dienone is 5. The molecular weight excluding hydrogens is 194 g/mol. The van der Waals surface area contributed by atoms with E-state index in [0.29, 0.717) is 0 Å². The number of anilines is 1. The number of benzene rings is 1. The van der Waals surface area contributed by atoms with Crippen molar-refractivity contribution in [1.82, 2.24) is 0 Å². The largest absolute Gasteiger partial charge is 0.398 e. The molecule has 0 bridgehead atoms. The van der Waals surface area contributed by atoms with Crippen molar-refractivity contribution in [1.29, 1.82) is 0 Å². The first kappa shape index (κ1) is 12.1. The SMILES string of the molecule is C=C/C=C(\C=C)c1cccc(N)c1/C=C\C. The van der Waals surface area contributed by atoms with Gasteiger partial charge < -0.3 is 5.73 Å². The van der Waals surface area contributed by atoms with Crippen molar-refractivity contribution < 1.29 is 0 Å². The van der Waals surface area contributed by atoms with Crippen LogP contribution in [0.25, 0.3) is 11.6 Å². The standard InChI is InChI=1S/C15H17N/c1-4-8-12(6-3)13-10-7-11-15(16)14(13)9-5-2/h4-11H,1,3,16H2,2H3/b9-5-,12-8+. The van der Waals surface area contributed by atoms with Gasteiger partial charge in [-0.05, 0) is 24.1 Å². The predicted molar refractivity (Wildman–Crippen MR) is 73.9 cm³/mol. The fraction of sp³-hybridized carbons (Fsp3) is 0.0667. The van der Waals surface area contributed by atoms with Crippen LogP contribution in [0.2, 0.25) is 0 Å². The van der Waals surface area contributed by atoms with E-state index in [9.17, 15) is 0 Å². The Balaban J connectivity index is 3.42. The first-order valence-corrected chi connectivity index (χ1v) is 5.21. The Kier molecular flexibility index (Phi) is 4.34. The predicted octanol–water partition coefficient (Wildman–Crippen LogP) is 4.06. The monoisotopic (exact) mass is 211 g/mol. The zero-order chi connectivity index (χ0) is 12.0. The zero-order valence-corrected chi connectivity index (χ0v) is 9.61. The summed E-state index contributed by atoms with van der Waals surface area (Å²) in [5.41, 5.74) is 9.85. The van der Waals surface area contributed by atoms with Crippen molar-refractivity contribution in [2.24, 2.45) is 0 Å². The summed E-state index contributed by atoms with van der Waals surface area (Å²) < 4.78 is 0. The lowest BCUT2D eigenvalue weighted by Crippen LogP contribution is -1.94. The topological polar surface area (TPSA) is 26.0 Å². The molecule has 0 fully saturated rings. The lowest BCUT2D eigenvalue weighted by Gasteiger charge is -2.09. The van der Waals surface area contributed by atoms with Crippen molar-refractivity contribution in [3.05, 3.63) is 66.8 Å². The van der Waals surface area contributed by atoms with Crippen molar-refractivity contribution >= 4 is 17.3 Å². The third kappa shape index (κ3) is 2.51. The van der Waals surface area contributed by atoms with Crippen molar-refractivity contribution in [3.8, 4) is 0 Å². The molecule has 0 aliphatic heterocycles. The molecule has 0 aromatic heterocycles. The third-order valence-corrected chi connectivity index (χ3v) is 2.30. The fourth-order valence-electron chi connectivity index (χ4n) is 1.58. The lowest BCUT2D eigenvalue weighted by molar-refractivity contribution is 1.56. The molecule has 0 aliphatic carbocycles. The van der Waals surface area contributed by atoms with Crippen LogP contribution in [0, 0.1) is 0 Å². The van der Waals surface area contributed by atoms with Crippen LogP contribution in [0.4, 0.5) is 5.69 Å². The lowest BCUT2D eigenvalue weighted by atomic mass is 9.97. The second kappa shape index (κ2) is 5.76. The van der Waals surface area contributed by atoms with Crippen molar-refractivity contribution in [2.45, 2.75) is 6.92 Å². The molecule has 1 aromatic rings. The minimum absolute atomic E-state index is 0.771. The average Bonchev–Trinajstić information content (AvgIpc) is 2.29. The van der Waals surface area contributed by atoms with Gasteiger partial charge in [0.15, 0.2) is 0 Å². The molecule has 0 radical (unpaired) electrons. The Bertz CT molecular complexity index is 451. The molecular formula is C15H17N. The van der Waals surface area contributed by atoms with Crippen LogP contribution in [0.15, 0.2) is 55.7 Å². The van der Waals surface area contributed by atoms with Gasteiger partial charge >= 0.3 is 0 Å². The van der Waals surface area contributed by atoms with Crippen LogP contribution in [-0.2, 0) is 0 Å². The molecule has 82 valence electrons. The molecule has 2 N–H and O–H groups in total. The van der Waals surface area contributed by atoms with E-state index in [0.717, 1.165) is 22.4 Å². The molecule has 0 saturated heterocycles. The number of nitrogen functional groups attached to an aromatic ring is 1. The van der Waals surface area contributed by atoms with E-state index in [4.69, 9.17) is 5.73 Å². The molecule has 0 saturated carbocycles. The number of hydrogen-bond donors (Lipinski definition) is 1. The van der Waals surface area contributed by atoms with E-state index >= 15 is 0 Å². The van der Waals surface area contributed by atoms with Gasteiger partial charge in [-0.1, -0.05) is 55.7 Å². The number of rotatable bonds is 4. The van der Waals surface area contributed by atoms with Gasteiger partial charge in [0.25, 0.3) is 0 Å². The van der Waals surface area contributed by atoms with Gasteiger partial charge in [0, 0.05) is 11.3 Å². The summed E-state index contributed by atoms with van der Waals surface area (Å²) in [6, 6.07) is 5.87. The maximum Gasteiger partial charge on any atom is 0.0393 e. The Morgan fingerprint density at radius 1 is 1.31 bits per heavy atom. The molecule has 1 nitrogen and oxygen atoms in total. The minimum atomic E-state index is 0.771. The molecule has 0 heterocycles. The van der Waals surface area contributed by atoms with Gasteiger partial charge in [-0.15, -0.1) is 0 Å². The van der Waals surface area contributed by atoms with Gasteiger partial charge in [0.05, 0.1) is 0 Å².